The van der Waals surface area contributed by atoms with Gasteiger partial charge in [0.15, 0.2) is 0 Å². The van der Waals surface area contributed by atoms with Gasteiger partial charge in [0, 0.05) is 27.1 Å². The molecule has 0 atom stereocenters. The summed E-state index contributed by atoms with van der Waals surface area (Å²) in [7, 11) is 0. The summed E-state index contributed by atoms with van der Waals surface area (Å²) in [5.41, 5.74) is 6.45. The van der Waals surface area contributed by atoms with Gasteiger partial charge in [-0.1, -0.05) is 72.3 Å². The van der Waals surface area contributed by atoms with E-state index in [4.69, 9.17) is 16.3 Å². The van der Waals surface area contributed by atoms with E-state index in [0.717, 1.165) is 22.0 Å². The zero-order chi connectivity index (χ0) is 24.9. The van der Waals surface area contributed by atoms with E-state index in [-0.39, 0.29) is 0 Å². The van der Waals surface area contributed by atoms with E-state index in [1.807, 2.05) is 54.6 Å². The molecular formula is C29H20ClN3O3. The number of H-pyrrole nitrogens is 1. The second-order valence-corrected chi connectivity index (χ2v) is 8.36. The van der Waals surface area contributed by atoms with E-state index in [9.17, 15) is 9.59 Å². The van der Waals surface area contributed by atoms with Crippen molar-refractivity contribution in [1.82, 2.24) is 10.4 Å². The van der Waals surface area contributed by atoms with Gasteiger partial charge in [-0.15, -0.1) is 0 Å². The fraction of sp³-hybridized carbons (Fsp3) is 0. The number of hydrogen-bond donors (Lipinski definition) is 2. The first-order valence-electron chi connectivity index (χ1n) is 11.2. The number of carbonyl (C=O) groups excluding carboxylic acids is 2. The standard InChI is InChI=1S/C29H20ClN3O3/c30-22-16-14-20(15-17-22)29(35)36-25-13-7-4-10-21(25)18-31-33-28(34)27-26(19-8-2-1-3-9-19)23-11-5-6-12-24(23)32-27/h1-18,32H,(H,33,34). The number of amides is 1. The molecule has 1 aromatic heterocycles. The number of ether oxygens (including phenoxy) is 1. The summed E-state index contributed by atoms with van der Waals surface area (Å²) in [5.74, 6) is -0.606. The maximum atomic E-state index is 13.1. The number of esters is 1. The van der Waals surface area contributed by atoms with Crippen molar-refractivity contribution in [1.29, 1.82) is 0 Å². The minimum Gasteiger partial charge on any atom is -0.422 e. The van der Waals surface area contributed by atoms with Crippen LogP contribution in [0.2, 0.25) is 5.02 Å². The number of carbonyl (C=O) groups is 2. The van der Waals surface area contributed by atoms with Crippen molar-refractivity contribution in [2.75, 3.05) is 0 Å². The molecule has 5 rings (SSSR count). The Balaban J connectivity index is 1.37. The van der Waals surface area contributed by atoms with Crippen LogP contribution in [-0.2, 0) is 0 Å². The molecule has 0 saturated carbocycles. The van der Waals surface area contributed by atoms with Crippen molar-refractivity contribution >= 4 is 40.6 Å². The molecule has 0 fully saturated rings. The van der Waals surface area contributed by atoms with Crippen LogP contribution >= 0.6 is 11.6 Å². The molecule has 5 aromatic rings. The lowest BCUT2D eigenvalue weighted by Crippen LogP contribution is -2.19. The van der Waals surface area contributed by atoms with Crippen LogP contribution in [0.3, 0.4) is 0 Å². The summed E-state index contributed by atoms with van der Waals surface area (Å²) in [5, 5.41) is 5.59. The molecule has 0 radical (unpaired) electrons. The first kappa shape index (κ1) is 23.1. The maximum absolute atomic E-state index is 13.1. The lowest BCUT2D eigenvalue weighted by molar-refractivity contribution is 0.0734. The molecule has 36 heavy (non-hydrogen) atoms. The highest BCUT2D eigenvalue weighted by atomic mass is 35.5. The van der Waals surface area contributed by atoms with Crippen LogP contribution in [0.4, 0.5) is 0 Å². The van der Waals surface area contributed by atoms with Gasteiger partial charge >= 0.3 is 5.97 Å². The van der Waals surface area contributed by atoms with Crippen LogP contribution in [0.15, 0.2) is 108 Å². The number of benzene rings is 4. The quantitative estimate of drug-likeness (QED) is 0.123. The van der Waals surface area contributed by atoms with Crippen LogP contribution in [0.25, 0.3) is 22.0 Å². The summed E-state index contributed by atoms with van der Waals surface area (Å²) >= 11 is 5.89. The molecule has 176 valence electrons. The smallest absolute Gasteiger partial charge is 0.343 e. The number of hydrazone groups is 1. The Hall–Kier alpha value is -4.68. The highest BCUT2D eigenvalue weighted by Gasteiger charge is 2.19. The summed E-state index contributed by atoms with van der Waals surface area (Å²) in [6.07, 6.45) is 1.44. The average molecular weight is 494 g/mol. The van der Waals surface area contributed by atoms with Crippen LogP contribution in [-0.4, -0.2) is 23.1 Å². The number of aromatic nitrogens is 1. The summed E-state index contributed by atoms with van der Waals surface area (Å²) in [6, 6.07) is 30.8. The second-order valence-electron chi connectivity index (χ2n) is 7.92. The van der Waals surface area contributed by atoms with Gasteiger partial charge in [0.25, 0.3) is 5.91 Å². The highest BCUT2D eigenvalue weighted by molar-refractivity contribution is 6.30. The van der Waals surface area contributed by atoms with Gasteiger partial charge in [0.05, 0.1) is 11.8 Å². The van der Waals surface area contributed by atoms with Crippen molar-refractivity contribution in [3.8, 4) is 16.9 Å². The Morgan fingerprint density at radius 3 is 2.33 bits per heavy atom. The molecular weight excluding hydrogens is 474 g/mol. The van der Waals surface area contributed by atoms with Gasteiger partial charge < -0.3 is 9.72 Å². The fourth-order valence-corrected chi connectivity index (χ4v) is 3.98. The van der Waals surface area contributed by atoms with Crippen LogP contribution in [0.1, 0.15) is 26.4 Å². The lowest BCUT2D eigenvalue weighted by Gasteiger charge is -2.07. The second kappa shape index (κ2) is 10.3. The van der Waals surface area contributed by atoms with Crippen molar-refractivity contribution in [3.63, 3.8) is 0 Å². The predicted octanol–water partition coefficient (Wildman–Crippen LogP) is 6.47. The van der Waals surface area contributed by atoms with Crippen molar-refractivity contribution in [2.45, 2.75) is 0 Å². The molecule has 0 aliphatic carbocycles. The Bertz CT molecular complexity index is 1580. The lowest BCUT2D eigenvalue weighted by atomic mass is 10.0. The Morgan fingerprint density at radius 2 is 1.53 bits per heavy atom. The predicted molar refractivity (Wildman–Crippen MR) is 142 cm³/mol. The van der Waals surface area contributed by atoms with Gasteiger partial charge in [-0.05, 0) is 48.0 Å². The highest BCUT2D eigenvalue weighted by Crippen LogP contribution is 2.32. The van der Waals surface area contributed by atoms with Gasteiger partial charge in [-0.2, -0.15) is 5.10 Å². The van der Waals surface area contributed by atoms with Gasteiger partial charge in [-0.3, -0.25) is 4.79 Å². The van der Waals surface area contributed by atoms with Gasteiger partial charge in [0.2, 0.25) is 0 Å². The molecule has 4 aromatic carbocycles. The molecule has 0 spiro atoms. The Morgan fingerprint density at radius 1 is 0.833 bits per heavy atom. The van der Waals surface area contributed by atoms with Crippen molar-refractivity contribution < 1.29 is 14.3 Å². The van der Waals surface area contributed by atoms with E-state index in [1.165, 1.54) is 6.21 Å². The maximum Gasteiger partial charge on any atom is 0.343 e. The Labute approximate surface area is 212 Å². The zero-order valence-corrected chi connectivity index (χ0v) is 19.7. The number of aromatic amines is 1. The van der Waals surface area contributed by atoms with E-state index in [0.29, 0.717) is 27.6 Å². The van der Waals surface area contributed by atoms with E-state index >= 15 is 0 Å². The van der Waals surface area contributed by atoms with Crippen LogP contribution < -0.4 is 10.2 Å². The molecule has 0 aliphatic heterocycles. The normalized spacial score (nSPS) is 11.0. The van der Waals surface area contributed by atoms with E-state index in [1.54, 1.807) is 48.5 Å². The number of halogens is 1. The monoisotopic (exact) mass is 493 g/mol. The van der Waals surface area contributed by atoms with Crippen molar-refractivity contribution in [3.05, 3.63) is 125 Å². The molecule has 6 nitrogen and oxygen atoms in total. The molecule has 7 heteroatoms. The Kier molecular flexibility index (Phi) is 6.60. The largest absolute Gasteiger partial charge is 0.422 e. The molecule has 0 saturated heterocycles. The van der Waals surface area contributed by atoms with E-state index in [2.05, 4.69) is 15.5 Å². The SMILES string of the molecule is O=C(Oc1ccccc1C=NNC(=O)c1[nH]c2ccccc2c1-c1ccccc1)c1ccc(Cl)cc1. The number of rotatable bonds is 6. The molecule has 1 heterocycles. The topological polar surface area (TPSA) is 83.5 Å². The van der Waals surface area contributed by atoms with Crippen LogP contribution in [0, 0.1) is 0 Å². The zero-order valence-electron chi connectivity index (χ0n) is 18.9. The molecule has 1 amide bonds. The molecule has 0 aliphatic rings. The molecule has 0 unspecified atom stereocenters. The summed E-state index contributed by atoms with van der Waals surface area (Å²) < 4.78 is 5.54. The van der Waals surface area contributed by atoms with Gasteiger partial charge in [0.1, 0.15) is 11.4 Å². The summed E-state index contributed by atoms with van der Waals surface area (Å²) in [6.45, 7) is 0. The third-order valence-electron chi connectivity index (χ3n) is 5.57. The van der Waals surface area contributed by atoms with Gasteiger partial charge in [-0.25, -0.2) is 10.2 Å². The third kappa shape index (κ3) is 4.89. The minimum absolute atomic E-state index is 0.311. The fourth-order valence-electron chi connectivity index (χ4n) is 3.86. The van der Waals surface area contributed by atoms with Crippen molar-refractivity contribution in [2.24, 2.45) is 5.10 Å². The number of hydrogen-bond acceptors (Lipinski definition) is 4. The minimum atomic E-state index is -0.526. The third-order valence-corrected chi connectivity index (χ3v) is 5.82. The van der Waals surface area contributed by atoms with E-state index < -0.39 is 11.9 Å². The number of fused-ring (bicyclic) bond motifs is 1. The molecule has 0 bridgehead atoms. The number of nitrogens with one attached hydrogen (secondary N) is 2. The first-order chi connectivity index (χ1) is 17.6. The summed E-state index contributed by atoms with van der Waals surface area (Å²) in [4.78, 5) is 28.8. The number of para-hydroxylation sites is 2. The first-order valence-corrected chi connectivity index (χ1v) is 11.5. The van der Waals surface area contributed by atoms with Crippen LogP contribution in [0.5, 0.6) is 5.75 Å². The average Bonchev–Trinajstić information content (AvgIpc) is 3.30. The molecule has 2 N–H and O–H groups in total. The number of nitrogens with zero attached hydrogens (tertiary/aromatic N) is 1.